The molecule has 0 aliphatic heterocycles. The zero-order chi connectivity index (χ0) is 12.1. The number of carbonyl (C=O) groups is 1. The average Bonchev–Trinajstić information content (AvgIpc) is 2.57. The third-order valence-corrected chi connectivity index (χ3v) is 3.30. The van der Waals surface area contributed by atoms with E-state index < -0.39 is 11.5 Å². The molecule has 1 saturated carbocycles. The van der Waals surface area contributed by atoms with Gasteiger partial charge in [-0.25, -0.2) is 9.78 Å². The van der Waals surface area contributed by atoms with Crippen LogP contribution in [0.2, 0.25) is 0 Å². The Kier molecular flexibility index (Phi) is 3.56. The summed E-state index contributed by atoms with van der Waals surface area (Å²) in [4.78, 5) is 19.6. The van der Waals surface area contributed by atoms with E-state index >= 15 is 0 Å². The fourth-order valence-electron chi connectivity index (χ4n) is 2.33. The highest BCUT2D eigenvalue weighted by atomic mass is 16.4. The van der Waals surface area contributed by atoms with Crippen LogP contribution < -0.4 is 5.32 Å². The lowest BCUT2D eigenvalue weighted by molar-refractivity contribution is -0.142. The highest BCUT2D eigenvalue weighted by molar-refractivity contribution is 5.82. The largest absolute Gasteiger partial charge is 0.480 e. The number of nitrogens with zero attached hydrogens (tertiary/aromatic N) is 2. The van der Waals surface area contributed by atoms with E-state index in [0.29, 0.717) is 18.7 Å². The van der Waals surface area contributed by atoms with Crippen molar-refractivity contribution in [3.05, 3.63) is 18.6 Å². The molecule has 0 saturated heterocycles. The number of carboxylic acids is 1. The van der Waals surface area contributed by atoms with Crippen LogP contribution in [0, 0.1) is 0 Å². The summed E-state index contributed by atoms with van der Waals surface area (Å²) in [5, 5.41) is 12.5. The Hall–Kier alpha value is -1.65. The van der Waals surface area contributed by atoms with Crippen LogP contribution in [-0.2, 0) is 4.79 Å². The number of aromatic nitrogens is 2. The smallest absolute Gasteiger partial charge is 0.329 e. The summed E-state index contributed by atoms with van der Waals surface area (Å²) < 4.78 is 0. The summed E-state index contributed by atoms with van der Waals surface area (Å²) in [7, 11) is 0. The van der Waals surface area contributed by atoms with E-state index in [1.807, 2.05) is 0 Å². The van der Waals surface area contributed by atoms with Gasteiger partial charge in [0.25, 0.3) is 0 Å². The first kappa shape index (κ1) is 11.8. The SMILES string of the molecule is O=C(O)C1(Nc2cnccn2)CCCCCC1. The maximum absolute atomic E-state index is 11.5. The third kappa shape index (κ3) is 2.72. The lowest BCUT2D eigenvalue weighted by Crippen LogP contribution is -2.46. The molecule has 0 spiro atoms. The van der Waals surface area contributed by atoms with Gasteiger partial charge in [0, 0.05) is 12.4 Å². The number of hydrogen-bond donors (Lipinski definition) is 2. The van der Waals surface area contributed by atoms with Crippen molar-refractivity contribution in [1.29, 1.82) is 0 Å². The first-order valence-electron chi connectivity index (χ1n) is 6.01. The predicted molar refractivity (Wildman–Crippen MR) is 63.7 cm³/mol. The molecule has 1 aliphatic carbocycles. The average molecular weight is 235 g/mol. The van der Waals surface area contributed by atoms with Crippen molar-refractivity contribution in [2.24, 2.45) is 0 Å². The Labute approximate surface area is 100 Å². The molecule has 2 N–H and O–H groups in total. The molecule has 1 aliphatic rings. The fourth-order valence-corrected chi connectivity index (χ4v) is 2.33. The standard InChI is InChI=1S/C12H17N3O2/c16-11(17)12(5-3-1-2-4-6-12)15-10-9-13-7-8-14-10/h7-9H,1-6H2,(H,14,15)(H,16,17). The second-order valence-electron chi connectivity index (χ2n) is 4.52. The van der Waals surface area contributed by atoms with Crippen molar-refractivity contribution in [3.63, 3.8) is 0 Å². The van der Waals surface area contributed by atoms with Crippen LogP contribution in [0.15, 0.2) is 18.6 Å². The number of hydrogen-bond acceptors (Lipinski definition) is 4. The number of rotatable bonds is 3. The second kappa shape index (κ2) is 5.12. The summed E-state index contributed by atoms with van der Waals surface area (Å²) in [6.07, 6.45) is 10.1. The molecule has 2 rings (SSSR count). The Morgan fingerprint density at radius 3 is 2.47 bits per heavy atom. The lowest BCUT2D eigenvalue weighted by atomic mass is 9.90. The topological polar surface area (TPSA) is 75.1 Å². The van der Waals surface area contributed by atoms with Gasteiger partial charge in [-0.1, -0.05) is 25.7 Å². The Bertz CT molecular complexity index is 373. The molecule has 1 aromatic heterocycles. The van der Waals surface area contributed by atoms with E-state index in [2.05, 4.69) is 15.3 Å². The molecule has 0 radical (unpaired) electrons. The van der Waals surface area contributed by atoms with Gasteiger partial charge in [0.1, 0.15) is 11.4 Å². The van der Waals surface area contributed by atoms with Crippen LogP contribution >= 0.6 is 0 Å². The van der Waals surface area contributed by atoms with E-state index in [1.165, 1.54) is 0 Å². The van der Waals surface area contributed by atoms with Gasteiger partial charge in [0.15, 0.2) is 0 Å². The van der Waals surface area contributed by atoms with Crippen molar-refractivity contribution < 1.29 is 9.90 Å². The minimum atomic E-state index is -0.869. The van der Waals surface area contributed by atoms with Gasteiger partial charge >= 0.3 is 5.97 Å². The number of nitrogens with one attached hydrogen (secondary N) is 1. The van der Waals surface area contributed by atoms with E-state index in [1.54, 1.807) is 18.6 Å². The van der Waals surface area contributed by atoms with Crippen LogP contribution in [0.4, 0.5) is 5.82 Å². The molecule has 1 fully saturated rings. The van der Waals surface area contributed by atoms with Gasteiger partial charge in [0.05, 0.1) is 6.20 Å². The molecular weight excluding hydrogens is 218 g/mol. The summed E-state index contributed by atoms with van der Waals surface area (Å²) in [6, 6.07) is 0. The zero-order valence-corrected chi connectivity index (χ0v) is 9.72. The Morgan fingerprint density at radius 2 is 1.94 bits per heavy atom. The number of carboxylic acid groups (broad SMARTS) is 1. The molecule has 0 aromatic carbocycles. The van der Waals surface area contributed by atoms with Gasteiger partial charge in [-0.15, -0.1) is 0 Å². The minimum Gasteiger partial charge on any atom is -0.480 e. The molecule has 5 nitrogen and oxygen atoms in total. The second-order valence-corrected chi connectivity index (χ2v) is 4.52. The molecule has 1 heterocycles. The zero-order valence-electron chi connectivity index (χ0n) is 9.72. The fraction of sp³-hybridized carbons (Fsp3) is 0.583. The first-order valence-corrected chi connectivity index (χ1v) is 6.01. The van der Waals surface area contributed by atoms with Crippen LogP contribution in [0.5, 0.6) is 0 Å². The van der Waals surface area contributed by atoms with Crippen molar-refractivity contribution in [1.82, 2.24) is 9.97 Å². The molecule has 1 aromatic rings. The first-order chi connectivity index (χ1) is 8.23. The molecule has 0 amide bonds. The van der Waals surface area contributed by atoms with E-state index in [9.17, 15) is 9.90 Å². The molecule has 0 atom stereocenters. The van der Waals surface area contributed by atoms with Crippen molar-refractivity contribution >= 4 is 11.8 Å². The monoisotopic (exact) mass is 235 g/mol. The van der Waals surface area contributed by atoms with Crippen LogP contribution in [0.1, 0.15) is 38.5 Å². The predicted octanol–water partition coefficient (Wildman–Crippen LogP) is 2.07. The Balaban J connectivity index is 2.19. The molecule has 92 valence electrons. The van der Waals surface area contributed by atoms with Crippen LogP contribution in [-0.4, -0.2) is 26.6 Å². The normalized spacial score (nSPS) is 19.3. The van der Waals surface area contributed by atoms with E-state index in [0.717, 1.165) is 25.7 Å². The van der Waals surface area contributed by atoms with Gasteiger partial charge in [-0.05, 0) is 12.8 Å². The molecule has 5 heteroatoms. The summed E-state index contributed by atoms with van der Waals surface area (Å²) in [6.45, 7) is 0. The van der Waals surface area contributed by atoms with E-state index in [4.69, 9.17) is 0 Å². The third-order valence-electron chi connectivity index (χ3n) is 3.30. The van der Waals surface area contributed by atoms with Crippen molar-refractivity contribution in [3.8, 4) is 0 Å². The summed E-state index contributed by atoms with van der Waals surface area (Å²) >= 11 is 0. The quantitative estimate of drug-likeness (QED) is 0.784. The molecule has 17 heavy (non-hydrogen) atoms. The van der Waals surface area contributed by atoms with Gasteiger partial charge in [0.2, 0.25) is 0 Å². The summed E-state index contributed by atoms with van der Waals surface area (Å²) in [5.74, 6) is -0.248. The molecular formula is C12H17N3O2. The molecule has 0 bridgehead atoms. The molecule has 0 unspecified atom stereocenters. The minimum absolute atomic E-state index is 0.539. The summed E-state index contributed by atoms with van der Waals surface area (Å²) in [5.41, 5.74) is -0.869. The highest BCUT2D eigenvalue weighted by Gasteiger charge is 2.38. The highest BCUT2D eigenvalue weighted by Crippen LogP contribution is 2.30. The number of aliphatic carboxylic acids is 1. The van der Waals surface area contributed by atoms with Gasteiger partial charge in [-0.3, -0.25) is 4.98 Å². The van der Waals surface area contributed by atoms with Gasteiger partial charge < -0.3 is 10.4 Å². The maximum atomic E-state index is 11.5. The van der Waals surface area contributed by atoms with Gasteiger partial charge in [-0.2, -0.15) is 0 Å². The lowest BCUT2D eigenvalue weighted by Gasteiger charge is -2.29. The maximum Gasteiger partial charge on any atom is 0.329 e. The van der Waals surface area contributed by atoms with Crippen molar-refractivity contribution in [2.45, 2.75) is 44.1 Å². The van der Waals surface area contributed by atoms with Crippen molar-refractivity contribution in [2.75, 3.05) is 5.32 Å². The van der Waals surface area contributed by atoms with Crippen LogP contribution in [0.3, 0.4) is 0 Å². The number of anilines is 1. The van der Waals surface area contributed by atoms with E-state index in [-0.39, 0.29) is 0 Å². The van der Waals surface area contributed by atoms with Crippen LogP contribution in [0.25, 0.3) is 0 Å². The Morgan fingerprint density at radius 1 is 1.24 bits per heavy atom.